The van der Waals surface area contributed by atoms with Gasteiger partial charge in [0.05, 0.1) is 0 Å². The predicted molar refractivity (Wildman–Crippen MR) is 105 cm³/mol. The highest BCUT2D eigenvalue weighted by Gasteiger charge is 2.36. The number of piperidine rings is 1. The summed E-state index contributed by atoms with van der Waals surface area (Å²) >= 11 is 0. The van der Waals surface area contributed by atoms with E-state index in [0.717, 1.165) is 50.8 Å². The maximum atomic E-state index is 14.8. The minimum absolute atomic E-state index is 0.0426. The number of likely N-dealkylation sites (tertiary alicyclic amines) is 1. The Morgan fingerprint density at radius 3 is 2.71 bits per heavy atom. The highest BCUT2D eigenvalue weighted by atomic mass is 19.1. The van der Waals surface area contributed by atoms with Gasteiger partial charge in [0.25, 0.3) is 0 Å². The van der Waals surface area contributed by atoms with Crippen LogP contribution in [0.15, 0.2) is 18.2 Å². The molecule has 0 bridgehead atoms. The zero-order valence-corrected chi connectivity index (χ0v) is 16.2. The first-order chi connectivity index (χ1) is 13.5. The molecule has 7 heteroatoms. The molecule has 0 atom stereocenters. The van der Waals surface area contributed by atoms with E-state index in [-0.39, 0.29) is 23.6 Å². The molecule has 1 N–H and O–H groups in total. The summed E-state index contributed by atoms with van der Waals surface area (Å²) in [6.45, 7) is 2.28. The van der Waals surface area contributed by atoms with Crippen molar-refractivity contribution >= 4 is 23.1 Å². The van der Waals surface area contributed by atoms with Crippen molar-refractivity contribution in [1.82, 2.24) is 19.5 Å². The van der Waals surface area contributed by atoms with E-state index in [1.165, 1.54) is 18.9 Å². The fraction of sp³-hybridized carbons (Fsp3) is 0.571. The molecule has 2 fully saturated rings. The second-order valence-electron chi connectivity index (χ2n) is 8.74. The first-order valence-corrected chi connectivity index (χ1v) is 10.3. The van der Waals surface area contributed by atoms with Gasteiger partial charge < -0.3 is 4.90 Å². The van der Waals surface area contributed by atoms with Crippen LogP contribution in [0.5, 0.6) is 0 Å². The van der Waals surface area contributed by atoms with Crippen LogP contribution in [0.4, 0.5) is 10.3 Å². The van der Waals surface area contributed by atoms with Gasteiger partial charge in [0, 0.05) is 5.92 Å². The number of hydrogen-bond acceptors (Lipinski definition) is 4. The van der Waals surface area contributed by atoms with Gasteiger partial charge in [0.1, 0.15) is 11.5 Å². The number of aromatic nitrogens is 3. The number of amides is 1. The lowest BCUT2D eigenvalue weighted by Gasteiger charge is -2.42. The highest BCUT2D eigenvalue weighted by molar-refractivity contribution is 5.92. The number of halogens is 1. The van der Waals surface area contributed by atoms with Crippen LogP contribution < -0.4 is 5.32 Å². The van der Waals surface area contributed by atoms with Crippen molar-refractivity contribution < 1.29 is 9.18 Å². The molecule has 2 aromatic rings. The van der Waals surface area contributed by atoms with Gasteiger partial charge >= 0.3 is 0 Å². The lowest BCUT2D eigenvalue weighted by Crippen LogP contribution is -2.38. The largest absolute Gasteiger partial charge is 0.306 e. The molecule has 2 aliphatic carbocycles. The molecule has 28 heavy (non-hydrogen) atoms. The lowest BCUT2D eigenvalue weighted by molar-refractivity contribution is -0.117. The molecular weight excluding hydrogens is 357 g/mol. The summed E-state index contributed by atoms with van der Waals surface area (Å²) in [4.78, 5) is 18.8. The second-order valence-corrected chi connectivity index (χ2v) is 8.74. The van der Waals surface area contributed by atoms with E-state index in [9.17, 15) is 9.18 Å². The highest BCUT2D eigenvalue weighted by Crippen LogP contribution is 2.45. The summed E-state index contributed by atoms with van der Waals surface area (Å²) in [6, 6.07) is 3.06. The van der Waals surface area contributed by atoms with Gasteiger partial charge in [-0.1, -0.05) is 6.08 Å². The van der Waals surface area contributed by atoms with E-state index in [0.29, 0.717) is 16.8 Å². The molecule has 6 nitrogen and oxygen atoms in total. The van der Waals surface area contributed by atoms with E-state index in [2.05, 4.69) is 33.4 Å². The summed E-state index contributed by atoms with van der Waals surface area (Å²) in [6.07, 6.45) is 9.39. The fourth-order valence-corrected chi connectivity index (χ4v) is 4.53. The van der Waals surface area contributed by atoms with Gasteiger partial charge in [0.2, 0.25) is 11.9 Å². The predicted octanol–water partition coefficient (Wildman–Crippen LogP) is 3.50. The van der Waals surface area contributed by atoms with Gasteiger partial charge in [0.15, 0.2) is 5.65 Å². The molecule has 0 aromatic carbocycles. The van der Waals surface area contributed by atoms with Crippen LogP contribution in [0.25, 0.3) is 11.2 Å². The normalized spacial score (nSPS) is 22.4. The van der Waals surface area contributed by atoms with E-state index in [1.54, 1.807) is 10.6 Å². The van der Waals surface area contributed by atoms with Crippen LogP contribution in [0, 0.1) is 17.2 Å². The second kappa shape index (κ2) is 6.65. The van der Waals surface area contributed by atoms with Gasteiger partial charge in [-0.05, 0) is 88.2 Å². The van der Waals surface area contributed by atoms with Crippen LogP contribution in [0.1, 0.15) is 50.6 Å². The lowest BCUT2D eigenvalue weighted by atomic mass is 9.68. The van der Waals surface area contributed by atoms with E-state index in [4.69, 9.17) is 0 Å². The van der Waals surface area contributed by atoms with E-state index in [1.807, 2.05) is 0 Å². The Bertz CT molecular complexity index is 953. The zero-order chi connectivity index (χ0) is 19.3. The van der Waals surface area contributed by atoms with Crippen molar-refractivity contribution in [2.75, 3.05) is 25.5 Å². The third kappa shape index (κ3) is 3.21. The van der Waals surface area contributed by atoms with Crippen LogP contribution in [0.2, 0.25) is 0 Å². The molecule has 3 aliphatic rings. The molecule has 1 saturated heterocycles. The Balaban J connectivity index is 1.43. The number of nitrogens with one attached hydrogen (secondary N) is 1. The SMILES string of the molecule is CN1CCC2(CC=C(c3c(F)ccc4nc(NC(=O)C5CC5)nn34)CC2)CC1. The minimum Gasteiger partial charge on any atom is -0.306 e. The summed E-state index contributed by atoms with van der Waals surface area (Å²) in [5.41, 5.74) is 2.41. The molecular formula is C21H26FN5O. The van der Waals surface area contributed by atoms with Crippen molar-refractivity contribution in [3.63, 3.8) is 0 Å². The number of fused-ring (bicyclic) bond motifs is 1. The van der Waals surface area contributed by atoms with Gasteiger partial charge in [-0.3, -0.25) is 10.1 Å². The Kier molecular flexibility index (Phi) is 4.23. The number of nitrogens with zero attached hydrogens (tertiary/aromatic N) is 4. The topological polar surface area (TPSA) is 62.5 Å². The van der Waals surface area contributed by atoms with E-state index >= 15 is 0 Å². The molecule has 0 unspecified atom stereocenters. The number of anilines is 1. The monoisotopic (exact) mass is 383 g/mol. The average Bonchev–Trinajstić information content (AvgIpc) is 3.47. The quantitative estimate of drug-likeness (QED) is 0.881. The standard InChI is InChI=1S/C21H26FN5O/c1-26-12-10-21(11-13-26)8-6-14(7-9-21)18-16(22)4-5-17-23-20(25-27(17)18)24-19(28)15-2-3-15/h4-6,15H,2-3,7-13H2,1H3,(H,24,25,28). The number of pyridine rings is 1. The molecule has 1 amide bonds. The fourth-order valence-electron chi connectivity index (χ4n) is 4.53. The number of hydrogen-bond donors (Lipinski definition) is 1. The average molecular weight is 383 g/mol. The van der Waals surface area contributed by atoms with Crippen molar-refractivity contribution in [3.05, 3.63) is 29.7 Å². The van der Waals surface area contributed by atoms with Crippen LogP contribution in [-0.2, 0) is 4.79 Å². The van der Waals surface area contributed by atoms with E-state index < -0.39 is 0 Å². The van der Waals surface area contributed by atoms with Gasteiger partial charge in [-0.25, -0.2) is 8.91 Å². The third-order valence-corrected chi connectivity index (χ3v) is 6.69. The van der Waals surface area contributed by atoms with Crippen molar-refractivity contribution in [2.24, 2.45) is 11.3 Å². The van der Waals surface area contributed by atoms with Crippen molar-refractivity contribution in [1.29, 1.82) is 0 Å². The Morgan fingerprint density at radius 2 is 2.04 bits per heavy atom. The molecule has 148 valence electrons. The number of allylic oxidation sites excluding steroid dienone is 2. The first-order valence-electron chi connectivity index (χ1n) is 10.3. The van der Waals surface area contributed by atoms with Crippen LogP contribution in [0.3, 0.4) is 0 Å². The maximum Gasteiger partial charge on any atom is 0.249 e. The van der Waals surface area contributed by atoms with Crippen LogP contribution >= 0.6 is 0 Å². The summed E-state index contributed by atoms with van der Waals surface area (Å²) in [7, 11) is 2.18. The summed E-state index contributed by atoms with van der Waals surface area (Å²) in [5.74, 6) is 0.00334. The molecule has 1 aliphatic heterocycles. The molecule has 1 saturated carbocycles. The molecule has 5 rings (SSSR count). The Morgan fingerprint density at radius 1 is 1.25 bits per heavy atom. The molecule has 1 spiro atoms. The third-order valence-electron chi connectivity index (χ3n) is 6.69. The molecule has 2 aromatic heterocycles. The summed E-state index contributed by atoms with van der Waals surface area (Å²) in [5, 5.41) is 7.16. The Hall–Kier alpha value is -2.28. The smallest absolute Gasteiger partial charge is 0.249 e. The number of carbonyl (C=O) groups is 1. The van der Waals surface area contributed by atoms with Crippen LogP contribution in [-0.4, -0.2) is 45.5 Å². The minimum atomic E-state index is -0.289. The zero-order valence-electron chi connectivity index (χ0n) is 16.2. The molecule has 3 heterocycles. The molecule has 0 radical (unpaired) electrons. The Labute approximate surface area is 163 Å². The van der Waals surface area contributed by atoms with Crippen molar-refractivity contribution in [2.45, 2.75) is 44.9 Å². The number of carbonyl (C=O) groups excluding carboxylic acids is 1. The van der Waals surface area contributed by atoms with Crippen molar-refractivity contribution in [3.8, 4) is 0 Å². The van der Waals surface area contributed by atoms with Gasteiger partial charge in [-0.15, -0.1) is 5.10 Å². The maximum absolute atomic E-state index is 14.8. The van der Waals surface area contributed by atoms with Gasteiger partial charge in [-0.2, -0.15) is 4.98 Å². The summed E-state index contributed by atoms with van der Waals surface area (Å²) < 4.78 is 16.3. The number of rotatable bonds is 3. The first kappa shape index (κ1) is 17.8.